The lowest BCUT2D eigenvalue weighted by atomic mass is 9.71. The van der Waals surface area contributed by atoms with Gasteiger partial charge in [-0.3, -0.25) is 4.99 Å². The second-order valence-corrected chi connectivity index (χ2v) is 6.07. The van der Waals surface area contributed by atoms with E-state index in [-0.39, 0.29) is 0 Å². The van der Waals surface area contributed by atoms with Gasteiger partial charge in [-0.25, -0.2) is 0 Å². The molecule has 0 aliphatic heterocycles. The first-order valence-corrected chi connectivity index (χ1v) is 7.17. The van der Waals surface area contributed by atoms with Crippen LogP contribution >= 0.6 is 11.6 Å². The van der Waals surface area contributed by atoms with Crippen molar-refractivity contribution in [1.29, 1.82) is 0 Å². The molecule has 0 bridgehead atoms. The Morgan fingerprint density at radius 2 is 1.82 bits per heavy atom. The Morgan fingerprint density at radius 1 is 1.14 bits per heavy atom. The number of hydrogen-bond acceptors (Lipinski definition) is 1. The molecule has 114 valence electrons. The van der Waals surface area contributed by atoms with Crippen molar-refractivity contribution in [2.45, 2.75) is 25.1 Å². The van der Waals surface area contributed by atoms with Gasteiger partial charge in [0.2, 0.25) is 0 Å². The third kappa shape index (κ3) is 2.75. The third-order valence-electron chi connectivity index (χ3n) is 3.92. The third-order valence-corrected chi connectivity index (χ3v) is 4.17. The average molecular weight is 324 g/mol. The normalized spacial score (nSPS) is 20.8. The van der Waals surface area contributed by atoms with Gasteiger partial charge in [-0.15, -0.1) is 0 Å². The standard InChI is InChI=1S/C17H13ClF3N/c1-16(22-10-11-2-6-14(18)7-3-11)9-12-4-5-13(8-15(12)16)17(19,20)21/h2-8,10H,9H2,1H3. The van der Waals surface area contributed by atoms with Crippen LogP contribution in [0.4, 0.5) is 13.2 Å². The van der Waals surface area contributed by atoms with E-state index in [1.54, 1.807) is 18.3 Å². The van der Waals surface area contributed by atoms with Crippen molar-refractivity contribution in [3.8, 4) is 0 Å². The van der Waals surface area contributed by atoms with E-state index >= 15 is 0 Å². The fraction of sp³-hybridized carbons (Fsp3) is 0.235. The number of hydrogen-bond donors (Lipinski definition) is 0. The predicted octanol–water partition coefficient (Wildman–Crippen LogP) is 5.25. The van der Waals surface area contributed by atoms with Crippen LogP contribution in [0.15, 0.2) is 47.5 Å². The summed E-state index contributed by atoms with van der Waals surface area (Å²) in [5.74, 6) is 0. The summed E-state index contributed by atoms with van der Waals surface area (Å²) in [5.41, 5.74) is 1.21. The molecule has 0 saturated heterocycles. The maximum atomic E-state index is 12.8. The van der Waals surface area contributed by atoms with Crippen molar-refractivity contribution in [2.75, 3.05) is 0 Å². The quantitative estimate of drug-likeness (QED) is 0.669. The first-order valence-electron chi connectivity index (χ1n) is 6.79. The number of rotatable bonds is 2. The minimum Gasteiger partial charge on any atom is -0.281 e. The van der Waals surface area contributed by atoms with E-state index in [0.29, 0.717) is 17.0 Å². The summed E-state index contributed by atoms with van der Waals surface area (Å²) in [7, 11) is 0. The first kappa shape index (κ1) is 15.1. The first-order chi connectivity index (χ1) is 10.3. The fourth-order valence-corrected chi connectivity index (χ4v) is 2.77. The second-order valence-electron chi connectivity index (χ2n) is 5.63. The molecule has 1 nitrogen and oxygen atoms in total. The van der Waals surface area contributed by atoms with E-state index in [1.165, 1.54) is 12.1 Å². The maximum absolute atomic E-state index is 12.8. The van der Waals surface area contributed by atoms with E-state index in [4.69, 9.17) is 11.6 Å². The van der Waals surface area contributed by atoms with Gasteiger partial charge in [-0.1, -0.05) is 29.8 Å². The molecule has 0 radical (unpaired) electrons. The monoisotopic (exact) mass is 323 g/mol. The largest absolute Gasteiger partial charge is 0.416 e. The average Bonchev–Trinajstić information content (AvgIpc) is 2.44. The Labute approximate surface area is 131 Å². The topological polar surface area (TPSA) is 12.4 Å². The summed E-state index contributed by atoms with van der Waals surface area (Å²) in [6.07, 6.45) is -2.00. The van der Waals surface area contributed by atoms with Crippen LogP contribution in [0.5, 0.6) is 0 Å². The zero-order valence-electron chi connectivity index (χ0n) is 11.8. The van der Waals surface area contributed by atoms with Crippen molar-refractivity contribution >= 4 is 17.8 Å². The molecule has 2 aromatic rings. The molecular weight excluding hydrogens is 311 g/mol. The van der Waals surface area contributed by atoms with E-state index in [0.717, 1.165) is 17.2 Å². The highest BCUT2D eigenvalue weighted by Gasteiger charge is 2.40. The SMILES string of the molecule is CC1(N=Cc2ccc(Cl)cc2)Cc2ccc(C(F)(F)F)cc21. The van der Waals surface area contributed by atoms with Gasteiger partial charge in [0, 0.05) is 17.7 Å². The molecule has 1 unspecified atom stereocenters. The highest BCUT2D eigenvalue weighted by Crippen LogP contribution is 2.44. The Morgan fingerprint density at radius 3 is 2.45 bits per heavy atom. The summed E-state index contributed by atoms with van der Waals surface area (Å²) in [5, 5.41) is 0.632. The van der Waals surface area contributed by atoms with Gasteiger partial charge in [-0.2, -0.15) is 13.2 Å². The van der Waals surface area contributed by atoms with Gasteiger partial charge in [0.15, 0.2) is 0 Å². The number of alkyl halides is 3. The molecule has 1 atom stereocenters. The highest BCUT2D eigenvalue weighted by molar-refractivity contribution is 6.30. The van der Waals surface area contributed by atoms with Gasteiger partial charge in [0.25, 0.3) is 0 Å². The summed E-state index contributed by atoms with van der Waals surface area (Å²) < 4.78 is 38.4. The Balaban J connectivity index is 1.88. The molecule has 0 N–H and O–H groups in total. The van der Waals surface area contributed by atoms with Crippen LogP contribution in [0, 0.1) is 0 Å². The Kier molecular flexibility index (Phi) is 3.52. The van der Waals surface area contributed by atoms with Gasteiger partial charge in [-0.05, 0) is 47.9 Å². The van der Waals surface area contributed by atoms with Crippen LogP contribution in [-0.2, 0) is 18.1 Å². The highest BCUT2D eigenvalue weighted by atomic mass is 35.5. The minimum atomic E-state index is -4.33. The van der Waals surface area contributed by atoms with E-state index in [9.17, 15) is 13.2 Å². The van der Waals surface area contributed by atoms with Crippen LogP contribution in [0.3, 0.4) is 0 Å². The molecule has 22 heavy (non-hydrogen) atoms. The molecule has 0 saturated carbocycles. The smallest absolute Gasteiger partial charge is 0.281 e. The zero-order chi connectivity index (χ0) is 16.0. The number of nitrogens with zero attached hydrogens (tertiary/aromatic N) is 1. The van der Waals surface area contributed by atoms with Crippen molar-refractivity contribution in [2.24, 2.45) is 4.99 Å². The zero-order valence-corrected chi connectivity index (χ0v) is 12.5. The molecule has 5 heteroatoms. The molecular formula is C17H13ClF3N. The number of aliphatic imine (C=N–C) groups is 1. The van der Waals surface area contributed by atoms with Crippen LogP contribution in [0.1, 0.15) is 29.2 Å². The number of benzene rings is 2. The molecule has 3 rings (SSSR count). The second kappa shape index (κ2) is 5.13. The summed E-state index contributed by atoms with van der Waals surface area (Å²) in [6.45, 7) is 1.85. The van der Waals surface area contributed by atoms with Crippen molar-refractivity contribution in [3.05, 3.63) is 69.7 Å². The van der Waals surface area contributed by atoms with Crippen LogP contribution in [-0.4, -0.2) is 6.21 Å². The predicted molar refractivity (Wildman–Crippen MR) is 81.5 cm³/mol. The maximum Gasteiger partial charge on any atom is 0.416 e. The molecule has 1 aliphatic rings. The van der Waals surface area contributed by atoms with Gasteiger partial charge < -0.3 is 0 Å². The summed E-state index contributed by atoms with van der Waals surface area (Å²) in [4.78, 5) is 4.49. The molecule has 1 aliphatic carbocycles. The summed E-state index contributed by atoms with van der Waals surface area (Å²) in [6, 6.07) is 11.0. The van der Waals surface area contributed by atoms with E-state index in [2.05, 4.69) is 4.99 Å². The van der Waals surface area contributed by atoms with Crippen LogP contribution in [0.2, 0.25) is 5.02 Å². The van der Waals surface area contributed by atoms with Gasteiger partial charge in [0.05, 0.1) is 11.1 Å². The van der Waals surface area contributed by atoms with Crippen molar-refractivity contribution in [1.82, 2.24) is 0 Å². The molecule has 0 aromatic heterocycles. The molecule has 0 spiro atoms. The lowest BCUT2D eigenvalue weighted by Gasteiger charge is -2.38. The molecule has 0 fully saturated rings. The number of fused-ring (bicyclic) bond motifs is 1. The van der Waals surface area contributed by atoms with Gasteiger partial charge >= 0.3 is 6.18 Å². The van der Waals surface area contributed by atoms with Crippen molar-refractivity contribution in [3.63, 3.8) is 0 Å². The Bertz CT molecular complexity index is 735. The van der Waals surface area contributed by atoms with Gasteiger partial charge in [0.1, 0.15) is 0 Å². The summed E-state index contributed by atoms with van der Waals surface area (Å²) >= 11 is 5.82. The van der Waals surface area contributed by atoms with Crippen LogP contribution in [0.25, 0.3) is 0 Å². The van der Waals surface area contributed by atoms with E-state index < -0.39 is 17.3 Å². The fourth-order valence-electron chi connectivity index (χ4n) is 2.65. The lowest BCUT2D eigenvalue weighted by molar-refractivity contribution is -0.137. The van der Waals surface area contributed by atoms with Crippen LogP contribution < -0.4 is 0 Å². The van der Waals surface area contributed by atoms with Crippen molar-refractivity contribution < 1.29 is 13.2 Å². The lowest BCUT2D eigenvalue weighted by Crippen LogP contribution is -2.34. The minimum absolute atomic E-state index is 0.601. The Hall–Kier alpha value is -1.81. The molecule has 0 amide bonds. The number of halogens is 4. The molecule has 2 aromatic carbocycles. The van der Waals surface area contributed by atoms with E-state index in [1.807, 2.05) is 19.1 Å². The molecule has 0 heterocycles.